The third kappa shape index (κ3) is 6.65. The molecule has 1 saturated heterocycles. The minimum Gasteiger partial charge on any atom is -0.491 e. The molecular weight excluding hydrogens is 336 g/mol. The molecule has 0 saturated carbocycles. The molecule has 27 heavy (non-hydrogen) atoms. The molecule has 3 rings (SSSR count). The zero-order valence-corrected chi connectivity index (χ0v) is 16.6. The zero-order chi connectivity index (χ0) is 19.1. The van der Waals surface area contributed by atoms with Gasteiger partial charge in [0.25, 0.3) is 0 Å². The smallest absolute Gasteiger partial charge is 0.119 e. The second kappa shape index (κ2) is 9.88. The first-order valence-corrected chi connectivity index (χ1v) is 9.96. The average molecular weight is 369 g/mol. The number of rotatable bonds is 8. The van der Waals surface area contributed by atoms with E-state index in [1.165, 1.54) is 16.7 Å². The normalized spacial score (nSPS) is 17.0. The maximum atomic E-state index is 10.3. The number of aryl methyl sites for hydroxylation is 2. The second-order valence-corrected chi connectivity index (χ2v) is 7.67. The van der Waals surface area contributed by atoms with Gasteiger partial charge in [-0.05, 0) is 49.1 Å². The average Bonchev–Trinajstić information content (AvgIpc) is 2.66. The van der Waals surface area contributed by atoms with Crippen molar-refractivity contribution in [2.24, 2.45) is 0 Å². The minimum atomic E-state index is -0.457. The Morgan fingerprint density at radius 1 is 0.926 bits per heavy atom. The topological polar surface area (TPSA) is 35.9 Å². The molecule has 1 N–H and O–H groups in total. The lowest BCUT2D eigenvalue weighted by molar-refractivity contribution is 0.0463. The van der Waals surface area contributed by atoms with Gasteiger partial charge in [-0.2, -0.15) is 0 Å². The van der Waals surface area contributed by atoms with Crippen LogP contribution in [-0.2, 0) is 6.42 Å². The fraction of sp³-hybridized carbons (Fsp3) is 0.478. The number of β-amino-alcohol motifs (C(OH)–C–C–N with tert-alkyl or cyclic N) is 1. The molecule has 1 heterocycles. The maximum Gasteiger partial charge on any atom is 0.119 e. The summed E-state index contributed by atoms with van der Waals surface area (Å²) in [6, 6.07) is 16.8. The van der Waals surface area contributed by atoms with Gasteiger partial charge < -0.3 is 14.7 Å². The van der Waals surface area contributed by atoms with Gasteiger partial charge in [0, 0.05) is 39.3 Å². The summed E-state index contributed by atoms with van der Waals surface area (Å²) in [5.74, 6) is 0.845. The molecule has 0 bridgehead atoms. The highest BCUT2D eigenvalue weighted by molar-refractivity contribution is 5.33. The van der Waals surface area contributed by atoms with Crippen molar-refractivity contribution in [1.82, 2.24) is 9.80 Å². The maximum absolute atomic E-state index is 10.3. The van der Waals surface area contributed by atoms with E-state index >= 15 is 0 Å². The van der Waals surface area contributed by atoms with Crippen molar-refractivity contribution < 1.29 is 9.84 Å². The summed E-state index contributed by atoms with van der Waals surface area (Å²) in [4.78, 5) is 4.86. The van der Waals surface area contributed by atoms with E-state index in [0.717, 1.165) is 44.9 Å². The molecular formula is C23H32N2O2. The predicted molar refractivity (Wildman–Crippen MR) is 110 cm³/mol. The van der Waals surface area contributed by atoms with Crippen molar-refractivity contribution in [2.45, 2.75) is 26.4 Å². The standard InChI is InChI=1S/C23H32N2O2/c1-19-14-20(2)16-23(15-19)27-18-22(26)17-25-12-10-24(11-13-25)9-8-21-6-4-3-5-7-21/h3-7,14-16,22,26H,8-13,17-18H2,1-2H3. The van der Waals surface area contributed by atoms with Gasteiger partial charge in [0.2, 0.25) is 0 Å². The van der Waals surface area contributed by atoms with Gasteiger partial charge in [0.1, 0.15) is 18.5 Å². The Hall–Kier alpha value is -1.88. The zero-order valence-electron chi connectivity index (χ0n) is 16.6. The molecule has 0 aromatic heterocycles. The van der Waals surface area contributed by atoms with Gasteiger partial charge in [-0.15, -0.1) is 0 Å². The number of piperazine rings is 1. The van der Waals surface area contributed by atoms with Crippen LogP contribution in [0.1, 0.15) is 16.7 Å². The van der Waals surface area contributed by atoms with Crippen LogP contribution in [0.3, 0.4) is 0 Å². The van der Waals surface area contributed by atoms with E-state index in [1.807, 2.05) is 12.1 Å². The largest absolute Gasteiger partial charge is 0.491 e. The summed E-state index contributed by atoms with van der Waals surface area (Å²) in [5.41, 5.74) is 3.77. The summed E-state index contributed by atoms with van der Waals surface area (Å²) in [6.45, 7) is 10.4. The van der Waals surface area contributed by atoms with Gasteiger partial charge in [-0.1, -0.05) is 36.4 Å². The first kappa shape index (κ1) is 19.9. The molecule has 1 atom stereocenters. The van der Waals surface area contributed by atoms with Gasteiger partial charge in [0.05, 0.1) is 0 Å². The molecule has 0 spiro atoms. The van der Waals surface area contributed by atoms with E-state index in [-0.39, 0.29) is 0 Å². The summed E-state index contributed by atoms with van der Waals surface area (Å²) >= 11 is 0. The van der Waals surface area contributed by atoms with E-state index in [1.54, 1.807) is 0 Å². The van der Waals surface area contributed by atoms with E-state index in [2.05, 4.69) is 60.0 Å². The molecule has 0 radical (unpaired) electrons. The van der Waals surface area contributed by atoms with E-state index in [0.29, 0.717) is 13.2 Å². The van der Waals surface area contributed by atoms with Gasteiger partial charge in [0.15, 0.2) is 0 Å². The first-order valence-electron chi connectivity index (χ1n) is 9.96. The van der Waals surface area contributed by atoms with Gasteiger partial charge in [-0.25, -0.2) is 0 Å². The molecule has 2 aromatic rings. The number of nitrogens with zero attached hydrogens (tertiary/aromatic N) is 2. The number of ether oxygens (including phenoxy) is 1. The SMILES string of the molecule is Cc1cc(C)cc(OCC(O)CN2CCN(CCc3ccccc3)CC2)c1. The highest BCUT2D eigenvalue weighted by Gasteiger charge is 2.19. The number of hydrogen-bond donors (Lipinski definition) is 1. The lowest BCUT2D eigenvalue weighted by atomic mass is 10.1. The fourth-order valence-electron chi connectivity index (χ4n) is 3.69. The number of benzene rings is 2. The fourth-order valence-corrected chi connectivity index (χ4v) is 3.69. The minimum absolute atomic E-state index is 0.344. The Morgan fingerprint density at radius 2 is 1.56 bits per heavy atom. The van der Waals surface area contributed by atoms with Crippen molar-refractivity contribution in [3.8, 4) is 5.75 Å². The van der Waals surface area contributed by atoms with Crippen LogP contribution in [0.15, 0.2) is 48.5 Å². The van der Waals surface area contributed by atoms with Gasteiger partial charge >= 0.3 is 0 Å². The quantitative estimate of drug-likeness (QED) is 0.777. The van der Waals surface area contributed by atoms with Crippen LogP contribution in [0.4, 0.5) is 0 Å². The van der Waals surface area contributed by atoms with Crippen molar-refractivity contribution >= 4 is 0 Å². The highest BCUT2D eigenvalue weighted by Crippen LogP contribution is 2.16. The molecule has 146 valence electrons. The molecule has 1 aliphatic heterocycles. The van der Waals surface area contributed by atoms with Crippen LogP contribution in [0.2, 0.25) is 0 Å². The summed E-state index contributed by atoms with van der Waals surface area (Å²) < 4.78 is 5.79. The number of hydrogen-bond acceptors (Lipinski definition) is 4. The van der Waals surface area contributed by atoms with Crippen LogP contribution in [-0.4, -0.2) is 66.9 Å². The Balaban J connectivity index is 1.34. The molecule has 4 heteroatoms. The molecule has 2 aromatic carbocycles. The molecule has 1 aliphatic rings. The number of aliphatic hydroxyl groups is 1. The van der Waals surface area contributed by atoms with Crippen molar-refractivity contribution in [2.75, 3.05) is 45.9 Å². The highest BCUT2D eigenvalue weighted by atomic mass is 16.5. The molecule has 0 amide bonds. The Kier molecular flexibility index (Phi) is 7.27. The molecule has 0 aliphatic carbocycles. The summed E-state index contributed by atoms with van der Waals surface area (Å²) in [7, 11) is 0. The number of aliphatic hydroxyl groups excluding tert-OH is 1. The lowest BCUT2D eigenvalue weighted by Gasteiger charge is -2.35. The second-order valence-electron chi connectivity index (χ2n) is 7.67. The van der Waals surface area contributed by atoms with Crippen LogP contribution in [0.5, 0.6) is 5.75 Å². The Labute approximate surface area is 163 Å². The van der Waals surface area contributed by atoms with Crippen molar-refractivity contribution in [1.29, 1.82) is 0 Å². The van der Waals surface area contributed by atoms with Crippen LogP contribution >= 0.6 is 0 Å². The third-order valence-corrected chi connectivity index (χ3v) is 5.13. The lowest BCUT2D eigenvalue weighted by Crippen LogP contribution is -2.49. The molecule has 1 unspecified atom stereocenters. The van der Waals surface area contributed by atoms with E-state index in [4.69, 9.17) is 4.74 Å². The van der Waals surface area contributed by atoms with Crippen LogP contribution < -0.4 is 4.74 Å². The van der Waals surface area contributed by atoms with Gasteiger partial charge in [-0.3, -0.25) is 4.90 Å². The van der Waals surface area contributed by atoms with Crippen molar-refractivity contribution in [3.63, 3.8) is 0 Å². The van der Waals surface area contributed by atoms with Crippen LogP contribution in [0.25, 0.3) is 0 Å². The van der Waals surface area contributed by atoms with Crippen molar-refractivity contribution in [3.05, 3.63) is 65.2 Å². The predicted octanol–water partition coefficient (Wildman–Crippen LogP) is 2.90. The summed E-state index contributed by atoms with van der Waals surface area (Å²) in [5, 5.41) is 10.3. The van der Waals surface area contributed by atoms with Crippen LogP contribution in [0, 0.1) is 13.8 Å². The summed E-state index contributed by atoms with van der Waals surface area (Å²) in [6.07, 6.45) is 0.648. The first-order chi connectivity index (χ1) is 13.1. The Morgan fingerprint density at radius 3 is 2.22 bits per heavy atom. The molecule has 1 fully saturated rings. The Bertz CT molecular complexity index is 677. The van der Waals surface area contributed by atoms with E-state index in [9.17, 15) is 5.11 Å². The monoisotopic (exact) mass is 368 g/mol. The molecule has 4 nitrogen and oxygen atoms in total. The van der Waals surface area contributed by atoms with E-state index < -0.39 is 6.10 Å². The third-order valence-electron chi connectivity index (χ3n) is 5.13.